The van der Waals surface area contributed by atoms with Gasteiger partial charge in [0.25, 0.3) is 0 Å². The van der Waals surface area contributed by atoms with Crippen LogP contribution in [0.1, 0.15) is 27.0 Å². The number of halogens is 3. The van der Waals surface area contributed by atoms with Gasteiger partial charge in [0.2, 0.25) is 0 Å². The van der Waals surface area contributed by atoms with Crippen molar-refractivity contribution in [1.82, 2.24) is 0 Å². The Hall–Kier alpha value is -4.81. The first-order valence-electron chi connectivity index (χ1n) is 15.6. The van der Waals surface area contributed by atoms with Crippen LogP contribution in [0, 0.1) is 6.92 Å². The van der Waals surface area contributed by atoms with E-state index in [1.807, 2.05) is 18.2 Å². The highest BCUT2D eigenvalue weighted by Gasteiger charge is 2.45. The van der Waals surface area contributed by atoms with Crippen molar-refractivity contribution in [2.45, 2.75) is 42.5 Å². The topological polar surface area (TPSA) is 69.7 Å². The van der Waals surface area contributed by atoms with Gasteiger partial charge >= 0.3 is 16.3 Å². The van der Waals surface area contributed by atoms with Crippen LogP contribution in [0.2, 0.25) is 0 Å². The molecule has 0 aliphatic carbocycles. The molecule has 6 rings (SSSR count). The predicted molar refractivity (Wildman–Crippen MR) is 193 cm³/mol. The number of carbonyl (C=O) groups excluding carboxylic acids is 1. The highest BCUT2D eigenvalue weighted by molar-refractivity contribution is 8.33. The third kappa shape index (κ3) is 7.62. The summed E-state index contributed by atoms with van der Waals surface area (Å²) in [5.74, 6) is 0.268. The maximum atomic E-state index is 14.8. The minimum Gasteiger partial charge on any atom is -0.497 e. The molecular formula is C40H31F3O5S3. The standard InChI is InChI=1S/C40H31F3O5S3/c1-28-16-22-34(23-17-28)51(45,46)48-50(32-24-18-30(47-2)19-25-32,38-15-9-7-13-36(38)40(41,42)43)33-26-20-31(21-27-33)49-37-14-8-6-12-35(37)39(44)29-10-4-3-5-11-29/h3-27H,1-2H3. The van der Waals surface area contributed by atoms with Crippen molar-refractivity contribution in [3.63, 3.8) is 0 Å². The van der Waals surface area contributed by atoms with E-state index in [0.29, 0.717) is 26.7 Å². The molecule has 0 bridgehead atoms. The summed E-state index contributed by atoms with van der Waals surface area (Å²) in [5, 5.41) is 0. The normalized spacial score (nSPS) is 13.6. The van der Waals surface area contributed by atoms with E-state index in [2.05, 4.69) is 0 Å². The summed E-state index contributed by atoms with van der Waals surface area (Å²) in [6, 6.07) is 39.5. The van der Waals surface area contributed by atoms with Crippen LogP contribution in [0.15, 0.2) is 181 Å². The minimum absolute atomic E-state index is 0.156. The molecular weight excluding hydrogens is 714 g/mol. The maximum Gasteiger partial charge on any atom is 0.417 e. The molecule has 6 aromatic rings. The molecule has 0 aliphatic rings. The summed E-state index contributed by atoms with van der Waals surface area (Å²) < 4.78 is 84.3. The molecule has 0 spiro atoms. The Balaban J connectivity index is 1.53. The van der Waals surface area contributed by atoms with Crippen molar-refractivity contribution in [2.75, 3.05) is 7.11 Å². The lowest BCUT2D eigenvalue weighted by molar-refractivity contribution is -0.139. The van der Waals surface area contributed by atoms with Gasteiger partial charge < -0.3 is 4.74 Å². The van der Waals surface area contributed by atoms with Crippen molar-refractivity contribution in [2.24, 2.45) is 0 Å². The zero-order valence-electron chi connectivity index (χ0n) is 27.3. The molecule has 260 valence electrons. The third-order valence-electron chi connectivity index (χ3n) is 7.95. The number of methoxy groups -OCH3 is 1. The Morgan fingerprint density at radius 1 is 0.647 bits per heavy atom. The van der Waals surface area contributed by atoms with Gasteiger partial charge in [0.15, 0.2) is 5.78 Å². The lowest BCUT2D eigenvalue weighted by Crippen LogP contribution is -2.18. The second-order valence-electron chi connectivity index (χ2n) is 11.3. The Morgan fingerprint density at radius 2 is 1.20 bits per heavy atom. The molecule has 0 aliphatic heterocycles. The molecule has 0 heterocycles. The first-order valence-corrected chi connectivity index (χ1v) is 19.3. The van der Waals surface area contributed by atoms with Gasteiger partial charge in [0, 0.05) is 35.6 Å². The van der Waals surface area contributed by atoms with E-state index in [4.69, 9.17) is 8.37 Å². The summed E-state index contributed by atoms with van der Waals surface area (Å²) in [5.41, 5.74) is 0.790. The Morgan fingerprint density at radius 3 is 1.82 bits per heavy atom. The Labute approximate surface area is 300 Å². The molecule has 0 amide bonds. The fraction of sp³-hybridized carbons (Fsp3) is 0.0750. The molecule has 0 aromatic heterocycles. The van der Waals surface area contributed by atoms with E-state index < -0.39 is 32.2 Å². The van der Waals surface area contributed by atoms with Crippen LogP contribution in [-0.2, 0) is 19.9 Å². The first-order chi connectivity index (χ1) is 24.4. The van der Waals surface area contributed by atoms with Crippen LogP contribution in [0.4, 0.5) is 13.2 Å². The van der Waals surface area contributed by atoms with Crippen LogP contribution >= 0.6 is 22.1 Å². The molecule has 0 radical (unpaired) electrons. The number of aryl methyl sites for hydroxylation is 1. The van der Waals surface area contributed by atoms with Gasteiger partial charge in [-0.2, -0.15) is 21.6 Å². The molecule has 5 nitrogen and oxygen atoms in total. The number of carbonyl (C=O) groups is 1. The number of alkyl halides is 3. The van der Waals surface area contributed by atoms with E-state index >= 15 is 0 Å². The SMILES string of the molecule is COc1ccc(S(OS(=O)(=O)c2ccc(C)cc2)(c2ccc(Sc3ccccc3C(=O)c3ccccc3)cc2)c2ccccc2C(F)(F)F)cc1. The Bertz CT molecular complexity index is 2260. The van der Waals surface area contributed by atoms with Gasteiger partial charge in [0.1, 0.15) is 5.75 Å². The largest absolute Gasteiger partial charge is 0.497 e. The zero-order chi connectivity index (χ0) is 36.2. The van der Waals surface area contributed by atoms with Crippen molar-refractivity contribution in [3.8, 4) is 5.75 Å². The highest BCUT2D eigenvalue weighted by atomic mass is 32.3. The molecule has 1 atom stereocenters. The number of hydrogen-bond acceptors (Lipinski definition) is 6. The van der Waals surface area contributed by atoms with E-state index in [1.165, 1.54) is 61.3 Å². The summed E-state index contributed by atoms with van der Waals surface area (Å²) in [6.45, 7) is 1.79. The zero-order valence-corrected chi connectivity index (χ0v) is 29.8. The second kappa shape index (κ2) is 14.8. The fourth-order valence-corrected chi connectivity index (χ4v) is 11.7. The van der Waals surface area contributed by atoms with Crippen molar-refractivity contribution in [3.05, 3.63) is 174 Å². The molecule has 0 N–H and O–H groups in total. The second-order valence-corrected chi connectivity index (χ2v) is 16.9. The smallest absolute Gasteiger partial charge is 0.417 e. The number of ether oxygens (including phenoxy) is 1. The summed E-state index contributed by atoms with van der Waals surface area (Å²) in [7, 11) is -6.87. The lowest BCUT2D eigenvalue weighted by atomic mass is 10.0. The van der Waals surface area contributed by atoms with Gasteiger partial charge in [0.05, 0.1) is 17.6 Å². The molecule has 0 saturated carbocycles. The minimum atomic E-state index is -4.84. The molecule has 11 heteroatoms. The molecule has 6 aromatic carbocycles. The van der Waals surface area contributed by atoms with Crippen LogP contribution in [0.3, 0.4) is 0 Å². The van der Waals surface area contributed by atoms with Gasteiger partial charge in [-0.3, -0.25) is 4.79 Å². The van der Waals surface area contributed by atoms with Crippen LogP contribution in [0.25, 0.3) is 0 Å². The number of hydrogen-bond donors (Lipinski definition) is 0. The predicted octanol–water partition coefficient (Wildman–Crippen LogP) is 11.0. The van der Waals surface area contributed by atoms with E-state index in [9.17, 15) is 26.4 Å². The lowest BCUT2D eigenvalue weighted by Gasteiger charge is -2.40. The van der Waals surface area contributed by atoms with Gasteiger partial charge in [-0.05, 0) is 102 Å². The average Bonchev–Trinajstić information content (AvgIpc) is 3.14. The molecule has 51 heavy (non-hydrogen) atoms. The number of benzene rings is 6. The average molecular weight is 745 g/mol. The number of ketones is 1. The maximum absolute atomic E-state index is 14.8. The molecule has 0 fully saturated rings. The van der Waals surface area contributed by atoms with E-state index in [-0.39, 0.29) is 25.4 Å². The van der Waals surface area contributed by atoms with Crippen molar-refractivity contribution in [1.29, 1.82) is 0 Å². The van der Waals surface area contributed by atoms with Crippen molar-refractivity contribution < 1.29 is 34.7 Å². The van der Waals surface area contributed by atoms with Crippen molar-refractivity contribution >= 4 is 38.0 Å². The van der Waals surface area contributed by atoms with Crippen LogP contribution in [-0.4, -0.2) is 21.3 Å². The first kappa shape index (κ1) is 36.0. The van der Waals surface area contributed by atoms with Gasteiger partial charge in [-0.1, -0.05) is 84.1 Å². The highest BCUT2D eigenvalue weighted by Crippen LogP contribution is 2.72. The Kier molecular flexibility index (Phi) is 10.5. The van der Waals surface area contributed by atoms with Gasteiger partial charge in [-0.25, -0.2) is 3.63 Å². The molecule has 0 saturated heterocycles. The fourth-order valence-electron chi connectivity index (χ4n) is 5.42. The van der Waals surface area contributed by atoms with Gasteiger partial charge in [-0.15, -0.1) is 0 Å². The molecule has 1 unspecified atom stereocenters. The van der Waals surface area contributed by atoms with E-state index in [1.54, 1.807) is 91.9 Å². The third-order valence-corrected chi connectivity index (χ3v) is 14.3. The summed E-state index contributed by atoms with van der Waals surface area (Å²) in [6.07, 6.45) is -4.84. The van der Waals surface area contributed by atoms with Crippen LogP contribution in [0.5, 0.6) is 5.75 Å². The summed E-state index contributed by atoms with van der Waals surface area (Å²) >= 11 is 1.30. The monoisotopic (exact) mass is 744 g/mol. The van der Waals surface area contributed by atoms with E-state index in [0.717, 1.165) is 11.6 Å². The summed E-state index contributed by atoms with van der Waals surface area (Å²) in [4.78, 5) is 14.6. The van der Waals surface area contributed by atoms with Crippen LogP contribution < -0.4 is 4.74 Å². The quantitative estimate of drug-likeness (QED) is 0.123. The number of rotatable bonds is 11.